The van der Waals surface area contributed by atoms with Crippen molar-refractivity contribution >= 4 is 5.91 Å². The standard InChI is InChI=1S/C20H23NO4/c1-14-13-17(10-7-15-5-8-16(24-2)9-6-15)25-20(23)18(14)19(22)21-11-3-4-12-21/h5-6,8-9,13H,3-4,7,10-12H2,1-2H3. The summed E-state index contributed by atoms with van der Waals surface area (Å²) in [5.74, 6) is 1.22. The van der Waals surface area contributed by atoms with Gasteiger partial charge in [-0.05, 0) is 55.5 Å². The molecule has 3 rings (SSSR count). The molecule has 1 fully saturated rings. The van der Waals surface area contributed by atoms with Gasteiger partial charge in [0.1, 0.15) is 17.1 Å². The van der Waals surface area contributed by atoms with E-state index in [1.165, 1.54) is 0 Å². The number of rotatable bonds is 5. The molecule has 25 heavy (non-hydrogen) atoms. The number of aryl methyl sites for hydroxylation is 3. The van der Waals surface area contributed by atoms with Crippen LogP contribution in [0.5, 0.6) is 5.75 Å². The summed E-state index contributed by atoms with van der Waals surface area (Å²) in [7, 11) is 1.64. The molecular weight excluding hydrogens is 318 g/mol. The number of hydrogen-bond donors (Lipinski definition) is 0. The first-order valence-electron chi connectivity index (χ1n) is 8.64. The minimum Gasteiger partial charge on any atom is -0.497 e. The van der Waals surface area contributed by atoms with Crippen LogP contribution in [0.2, 0.25) is 0 Å². The summed E-state index contributed by atoms with van der Waals surface area (Å²) in [6.45, 7) is 3.24. The zero-order valence-electron chi connectivity index (χ0n) is 14.7. The second-order valence-electron chi connectivity index (χ2n) is 6.41. The van der Waals surface area contributed by atoms with Gasteiger partial charge in [-0.15, -0.1) is 0 Å². The van der Waals surface area contributed by atoms with Crippen molar-refractivity contribution in [1.82, 2.24) is 4.90 Å². The van der Waals surface area contributed by atoms with E-state index in [1.807, 2.05) is 30.3 Å². The fourth-order valence-corrected chi connectivity index (χ4v) is 3.19. The quantitative estimate of drug-likeness (QED) is 0.839. The van der Waals surface area contributed by atoms with Gasteiger partial charge < -0.3 is 14.1 Å². The number of nitrogens with zero attached hydrogens (tertiary/aromatic N) is 1. The lowest BCUT2D eigenvalue weighted by molar-refractivity contribution is 0.0787. The molecule has 1 aliphatic heterocycles. The summed E-state index contributed by atoms with van der Waals surface area (Å²) in [6, 6.07) is 9.63. The number of carbonyl (C=O) groups is 1. The number of methoxy groups -OCH3 is 1. The van der Waals surface area contributed by atoms with E-state index in [4.69, 9.17) is 9.15 Å². The van der Waals surface area contributed by atoms with Crippen LogP contribution in [0.3, 0.4) is 0 Å². The lowest BCUT2D eigenvalue weighted by atomic mass is 10.1. The van der Waals surface area contributed by atoms with Crippen molar-refractivity contribution in [2.75, 3.05) is 20.2 Å². The fourth-order valence-electron chi connectivity index (χ4n) is 3.19. The van der Waals surface area contributed by atoms with E-state index in [0.717, 1.165) is 43.7 Å². The number of likely N-dealkylation sites (tertiary alicyclic amines) is 1. The molecule has 0 saturated carbocycles. The van der Waals surface area contributed by atoms with Gasteiger partial charge in [-0.25, -0.2) is 4.79 Å². The molecule has 0 radical (unpaired) electrons. The molecule has 2 aromatic rings. The van der Waals surface area contributed by atoms with Crippen LogP contribution < -0.4 is 10.4 Å². The van der Waals surface area contributed by atoms with Crippen molar-refractivity contribution < 1.29 is 13.9 Å². The van der Waals surface area contributed by atoms with Crippen LogP contribution in [-0.2, 0) is 12.8 Å². The van der Waals surface area contributed by atoms with Gasteiger partial charge in [0.05, 0.1) is 7.11 Å². The molecule has 0 atom stereocenters. The highest BCUT2D eigenvalue weighted by Crippen LogP contribution is 2.16. The Balaban J connectivity index is 1.72. The van der Waals surface area contributed by atoms with Crippen LogP contribution in [0.4, 0.5) is 0 Å². The Kier molecular flexibility index (Phi) is 5.22. The first kappa shape index (κ1) is 17.3. The smallest absolute Gasteiger partial charge is 0.349 e. The molecular formula is C20H23NO4. The number of benzene rings is 1. The molecule has 0 N–H and O–H groups in total. The third-order valence-corrected chi connectivity index (χ3v) is 4.63. The highest BCUT2D eigenvalue weighted by Gasteiger charge is 2.24. The van der Waals surface area contributed by atoms with E-state index in [9.17, 15) is 9.59 Å². The molecule has 0 spiro atoms. The molecule has 132 valence electrons. The van der Waals surface area contributed by atoms with Crippen LogP contribution in [0.15, 0.2) is 39.5 Å². The van der Waals surface area contributed by atoms with Gasteiger partial charge in [-0.2, -0.15) is 0 Å². The van der Waals surface area contributed by atoms with Crippen LogP contribution in [0, 0.1) is 6.92 Å². The van der Waals surface area contributed by atoms with Gasteiger partial charge in [0.15, 0.2) is 0 Å². The monoisotopic (exact) mass is 341 g/mol. The van der Waals surface area contributed by atoms with E-state index in [1.54, 1.807) is 18.9 Å². The summed E-state index contributed by atoms with van der Waals surface area (Å²) < 4.78 is 10.6. The van der Waals surface area contributed by atoms with Crippen molar-refractivity contribution in [3.8, 4) is 5.75 Å². The molecule has 0 bridgehead atoms. The Morgan fingerprint density at radius 2 is 1.84 bits per heavy atom. The maximum absolute atomic E-state index is 12.5. The van der Waals surface area contributed by atoms with E-state index in [-0.39, 0.29) is 11.5 Å². The van der Waals surface area contributed by atoms with Crippen molar-refractivity contribution in [2.24, 2.45) is 0 Å². The lowest BCUT2D eigenvalue weighted by Crippen LogP contribution is -2.32. The zero-order chi connectivity index (χ0) is 17.8. The Hall–Kier alpha value is -2.56. The molecule has 0 unspecified atom stereocenters. The molecule has 1 aliphatic rings. The molecule has 1 amide bonds. The largest absolute Gasteiger partial charge is 0.497 e. The fraction of sp³-hybridized carbons (Fsp3) is 0.400. The van der Waals surface area contributed by atoms with Crippen molar-refractivity contribution in [1.29, 1.82) is 0 Å². The number of amides is 1. The second-order valence-corrected chi connectivity index (χ2v) is 6.41. The second kappa shape index (κ2) is 7.55. The Morgan fingerprint density at radius 1 is 1.16 bits per heavy atom. The van der Waals surface area contributed by atoms with Gasteiger partial charge in [-0.3, -0.25) is 4.79 Å². The van der Waals surface area contributed by atoms with E-state index in [0.29, 0.717) is 17.7 Å². The molecule has 5 nitrogen and oxygen atoms in total. The number of carbonyl (C=O) groups excluding carboxylic acids is 1. The predicted molar refractivity (Wildman–Crippen MR) is 95.3 cm³/mol. The molecule has 0 aliphatic carbocycles. The SMILES string of the molecule is COc1ccc(CCc2cc(C)c(C(=O)N3CCCC3)c(=O)o2)cc1. The maximum atomic E-state index is 12.5. The molecule has 1 aromatic carbocycles. The highest BCUT2D eigenvalue weighted by atomic mass is 16.5. The minimum atomic E-state index is -0.526. The van der Waals surface area contributed by atoms with E-state index >= 15 is 0 Å². The number of ether oxygens (including phenoxy) is 1. The summed E-state index contributed by atoms with van der Waals surface area (Å²) in [5.41, 5.74) is 1.48. The van der Waals surface area contributed by atoms with Gasteiger partial charge in [-0.1, -0.05) is 12.1 Å². The lowest BCUT2D eigenvalue weighted by Gasteiger charge is -2.15. The highest BCUT2D eigenvalue weighted by molar-refractivity contribution is 5.95. The summed E-state index contributed by atoms with van der Waals surface area (Å²) >= 11 is 0. The van der Waals surface area contributed by atoms with Gasteiger partial charge >= 0.3 is 5.63 Å². The van der Waals surface area contributed by atoms with E-state index in [2.05, 4.69) is 0 Å². The van der Waals surface area contributed by atoms with Gasteiger partial charge in [0.25, 0.3) is 5.91 Å². The summed E-state index contributed by atoms with van der Waals surface area (Å²) in [6.07, 6.45) is 3.36. The first-order valence-corrected chi connectivity index (χ1v) is 8.64. The summed E-state index contributed by atoms with van der Waals surface area (Å²) in [5, 5.41) is 0. The van der Waals surface area contributed by atoms with Crippen LogP contribution in [0.1, 0.15) is 40.1 Å². The average Bonchev–Trinajstić information content (AvgIpc) is 3.14. The maximum Gasteiger partial charge on any atom is 0.349 e. The average molecular weight is 341 g/mol. The molecule has 2 heterocycles. The van der Waals surface area contributed by atoms with Crippen LogP contribution in [-0.4, -0.2) is 31.0 Å². The Morgan fingerprint density at radius 3 is 2.44 bits per heavy atom. The van der Waals surface area contributed by atoms with Crippen LogP contribution >= 0.6 is 0 Å². The van der Waals surface area contributed by atoms with E-state index < -0.39 is 5.63 Å². The van der Waals surface area contributed by atoms with Crippen molar-refractivity contribution in [2.45, 2.75) is 32.6 Å². The van der Waals surface area contributed by atoms with Gasteiger partial charge in [0.2, 0.25) is 0 Å². The third kappa shape index (κ3) is 3.92. The zero-order valence-corrected chi connectivity index (χ0v) is 14.7. The summed E-state index contributed by atoms with van der Waals surface area (Å²) in [4.78, 5) is 26.5. The van der Waals surface area contributed by atoms with Crippen molar-refractivity contribution in [3.05, 3.63) is 63.2 Å². The topological polar surface area (TPSA) is 59.8 Å². The normalized spacial score (nSPS) is 13.9. The molecule has 5 heteroatoms. The first-order chi connectivity index (χ1) is 12.1. The molecule has 1 aromatic heterocycles. The number of hydrogen-bond acceptors (Lipinski definition) is 4. The van der Waals surface area contributed by atoms with Gasteiger partial charge in [0, 0.05) is 19.5 Å². The minimum absolute atomic E-state index is 0.176. The van der Waals surface area contributed by atoms with Crippen LogP contribution in [0.25, 0.3) is 0 Å². The Labute approximate surface area is 147 Å². The van der Waals surface area contributed by atoms with Crippen molar-refractivity contribution in [3.63, 3.8) is 0 Å². The Bertz CT molecular complexity index is 801. The predicted octanol–water partition coefficient (Wildman–Crippen LogP) is 2.98. The molecule has 1 saturated heterocycles. The third-order valence-electron chi connectivity index (χ3n) is 4.63.